The zero-order valence-electron chi connectivity index (χ0n) is 22.3. The maximum Gasteiger partial charge on any atom is 0.459 e. The number of imidazole rings is 1. The van der Waals surface area contributed by atoms with Gasteiger partial charge in [-0.15, -0.1) is 0 Å². The number of nitrogens with one attached hydrogen (secondary N) is 1. The Hall–Kier alpha value is -3.17. The molecular formula is C24H28F4N5O7P. The summed E-state index contributed by atoms with van der Waals surface area (Å²) in [6.07, 6.45) is -11.0. The molecule has 0 spiro atoms. The van der Waals surface area contributed by atoms with Gasteiger partial charge in [0.2, 0.25) is 0 Å². The molecule has 17 heteroatoms. The second-order valence-corrected chi connectivity index (χ2v) is 11.2. The first-order valence-corrected chi connectivity index (χ1v) is 13.9. The molecule has 0 saturated carbocycles. The van der Waals surface area contributed by atoms with Crippen molar-refractivity contribution in [3.05, 3.63) is 48.5 Å². The number of alkyl halides is 4. The van der Waals surface area contributed by atoms with Crippen LogP contribution in [0.25, 0.3) is 11.3 Å². The Bertz CT molecular complexity index is 1430. The van der Waals surface area contributed by atoms with Crippen LogP contribution in [0.3, 0.4) is 0 Å². The molecule has 1 aromatic carbocycles. The Morgan fingerprint density at radius 2 is 1.88 bits per heavy atom. The van der Waals surface area contributed by atoms with Crippen LogP contribution in [0, 0.1) is 6.92 Å². The lowest BCUT2D eigenvalue weighted by Gasteiger charge is -2.31. The van der Waals surface area contributed by atoms with E-state index in [0.717, 1.165) is 4.57 Å². The summed E-state index contributed by atoms with van der Waals surface area (Å²) < 4.78 is 94.3. The van der Waals surface area contributed by atoms with E-state index in [4.69, 9.17) is 18.5 Å². The fourth-order valence-electron chi connectivity index (χ4n) is 4.16. The molecule has 224 valence electrons. The maximum atomic E-state index is 16.0. The summed E-state index contributed by atoms with van der Waals surface area (Å²) in [6, 6.07) is 6.30. The number of carbonyl (C=O) groups excluding carboxylic acids is 1. The van der Waals surface area contributed by atoms with Crippen molar-refractivity contribution in [2.24, 2.45) is 0 Å². The molecule has 0 radical (unpaired) electrons. The Balaban J connectivity index is 1.63. The van der Waals surface area contributed by atoms with Gasteiger partial charge in [-0.3, -0.25) is 13.9 Å². The van der Waals surface area contributed by atoms with Crippen molar-refractivity contribution in [1.29, 1.82) is 0 Å². The number of hydrogen-bond donors (Lipinski definition) is 2. The molecule has 3 heterocycles. The Morgan fingerprint density at radius 1 is 1.22 bits per heavy atom. The molecule has 4 rings (SSSR count). The molecular weight excluding hydrogens is 577 g/mol. The molecule has 1 unspecified atom stereocenters. The molecule has 6 atom stereocenters. The largest absolute Gasteiger partial charge is 0.462 e. The van der Waals surface area contributed by atoms with E-state index in [2.05, 4.69) is 20.0 Å². The Labute approximate surface area is 231 Å². The lowest BCUT2D eigenvalue weighted by molar-refractivity contribution is -0.273. The van der Waals surface area contributed by atoms with E-state index < -0.39 is 62.7 Å². The van der Waals surface area contributed by atoms with Gasteiger partial charge in [0.25, 0.3) is 5.67 Å². The molecule has 0 aliphatic carbocycles. The standard InChI is InChI=1S/C24H28F4N5O7P/c1-13(2)38-21(35)14(3)32-41(36,40-16-8-6-5-7-9-16)37-12-17-18(34)23(25,24(26,27)28)22(39-17)33-15(4)31-19-20(33)30-11-10-29-19/h5-11,13-14,17-18,22,34H,12H2,1-4H3,(H,32,36)/t14-,17+,18+,22+,23+,41?/m0/s1. The normalized spacial score (nSPS) is 25.3. The molecule has 2 N–H and O–H groups in total. The highest BCUT2D eigenvalue weighted by Gasteiger charge is 2.73. The van der Waals surface area contributed by atoms with Gasteiger partial charge in [0.1, 0.15) is 29.8 Å². The number of benzene rings is 1. The molecule has 0 amide bonds. The van der Waals surface area contributed by atoms with Crippen molar-refractivity contribution >= 4 is 25.0 Å². The van der Waals surface area contributed by atoms with E-state index in [9.17, 15) is 27.6 Å². The minimum atomic E-state index is -5.63. The minimum Gasteiger partial charge on any atom is -0.462 e. The molecule has 41 heavy (non-hydrogen) atoms. The van der Waals surface area contributed by atoms with Gasteiger partial charge < -0.3 is 19.1 Å². The smallest absolute Gasteiger partial charge is 0.459 e. The number of rotatable bonds is 10. The average molecular weight is 605 g/mol. The summed E-state index contributed by atoms with van der Waals surface area (Å²) in [7, 11) is -4.57. The zero-order valence-corrected chi connectivity index (χ0v) is 23.2. The number of fused-ring (bicyclic) bond motifs is 1. The lowest BCUT2D eigenvalue weighted by atomic mass is 9.95. The monoisotopic (exact) mass is 605 g/mol. The summed E-state index contributed by atoms with van der Waals surface area (Å²) in [4.78, 5) is 24.2. The van der Waals surface area contributed by atoms with Crippen molar-refractivity contribution in [3.63, 3.8) is 0 Å². The molecule has 1 fully saturated rings. The van der Waals surface area contributed by atoms with Crippen molar-refractivity contribution in [2.45, 2.75) is 70.1 Å². The predicted molar refractivity (Wildman–Crippen MR) is 134 cm³/mol. The summed E-state index contributed by atoms with van der Waals surface area (Å²) in [6.45, 7) is 4.74. The number of aryl methyl sites for hydroxylation is 1. The van der Waals surface area contributed by atoms with Crippen molar-refractivity contribution in [2.75, 3.05) is 6.61 Å². The van der Waals surface area contributed by atoms with Gasteiger partial charge in [0.05, 0.1) is 12.7 Å². The van der Waals surface area contributed by atoms with Gasteiger partial charge in [-0.2, -0.15) is 18.3 Å². The number of aliphatic hydroxyl groups is 1. The lowest BCUT2D eigenvalue weighted by Crippen LogP contribution is -2.54. The van der Waals surface area contributed by atoms with E-state index in [1.165, 1.54) is 38.4 Å². The summed E-state index contributed by atoms with van der Waals surface area (Å²) in [5.41, 5.74) is -4.64. The molecule has 12 nitrogen and oxygen atoms in total. The fraction of sp³-hybridized carbons (Fsp3) is 0.500. The van der Waals surface area contributed by atoms with Crippen LogP contribution in [0.5, 0.6) is 5.75 Å². The molecule has 1 saturated heterocycles. The molecule has 3 aromatic rings. The second kappa shape index (κ2) is 11.6. The molecule has 1 aliphatic heterocycles. The van der Waals surface area contributed by atoms with E-state index in [1.54, 1.807) is 32.0 Å². The number of aromatic nitrogens is 4. The van der Waals surface area contributed by atoms with Crippen LogP contribution >= 0.6 is 7.75 Å². The third-order valence-corrected chi connectivity index (χ3v) is 7.70. The number of para-hydroxylation sites is 1. The van der Waals surface area contributed by atoms with Crippen LogP contribution in [-0.4, -0.2) is 73.4 Å². The Morgan fingerprint density at radius 3 is 2.51 bits per heavy atom. The first-order valence-electron chi connectivity index (χ1n) is 12.4. The first kappa shape index (κ1) is 30.8. The minimum absolute atomic E-state index is 0.0211. The number of halogens is 4. The molecule has 2 aromatic heterocycles. The summed E-state index contributed by atoms with van der Waals surface area (Å²) >= 11 is 0. The number of aliphatic hydroxyl groups excluding tert-OH is 1. The van der Waals surface area contributed by atoms with Gasteiger partial charge >= 0.3 is 19.9 Å². The number of esters is 1. The highest BCUT2D eigenvalue weighted by molar-refractivity contribution is 7.52. The second-order valence-electron chi connectivity index (χ2n) is 9.50. The van der Waals surface area contributed by atoms with Gasteiger partial charge in [-0.05, 0) is 39.8 Å². The first-order chi connectivity index (χ1) is 19.2. The average Bonchev–Trinajstić information content (AvgIpc) is 3.35. The highest BCUT2D eigenvalue weighted by Crippen LogP contribution is 2.53. The Kier molecular flexibility index (Phi) is 8.71. The summed E-state index contributed by atoms with van der Waals surface area (Å²) in [5.74, 6) is -0.914. The molecule has 0 bridgehead atoms. The van der Waals surface area contributed by atoms with Crippen LogP contribution in [-0.2, 0) is 23.4 Å². The quantitative estimate of drug-likeness (QED) is 0.198. The van der Waals surface area contributed by atoms with E-state index in [1.807, 2.05) is 0 Å². The van der Waals surface area contributed by atoms with Crippen molar-refractivity contribution in [1.82, 2.24) is 24.6 Å². The number of hydrogen-bond acceptors (Lipinski definition) is 10. The topological polar surface area (TPSA) is 147 Å². The van der Waals surface area contributed by atoms with E-state index in [-0.39, 0.29) is 22.9 Å². The van der Waals surface area contributed by atoms with Crippen LogP contribution in [0.1, 0.15) is 32.8 Å². The van der Waals surface area contributed by atoms with E-state index >= 15 is 4.39 Å². The van der Waals surface area contributed by atoms with Gasteiger partial charge in [0.15, 0.2) is 17.5 Å². The fourth-order valence-corrected chi connectivity index (χ4v) is 5.66. The zero-order chi connectivity index (χ0) is 30.2. The van der Waals surface area contributed by atoms with Crippen LogP contribution in [0.4, 0.5) is 17.6 Å². The number of ether oxygens (including phenoxy) is 2. The maximum absolute atomic E-state index is 16.0. The van der Waals surface area contributed by atoms with Gasteiger partial charge in [-0.25, -0.2) is 23.9 Å². The summed E-state index contributed by atoms with van der Waals surface area (Å²) in [5, 5.41) is 13.0. The number of carbonyl (C=O) groups is 1. The van der Waals surface area contributed by atoms with Gasteiger partial charge in [0, 0.05) is 12.4 Å². The van der Waals surface area contributed by atoms with Gasteiger partial charge in [-0.1, -0.05) is 18.2 Å². The third kappa shape index (κ3) is 6.21. The van der Waals surface area contributed by atoms with Crippen LogP contribution in [0.15, 0.2) is 42.7 Å². The highest BCUT2D eigenvalue weighted by atomic mass is 31.2. The van der Waals surface area contributed by atoms with Crippen molar-refractivity contribution < 1.29 is 50.5 Å². The van der Waals surface area contributed by atoms with Crippen molar-refractivity contribution in [3.8, 4) is 5.75 Å². The SMILES string of the molecule is Cc1nc2nccnc2n1[C@@H]1O[C@H](COP(=O)(N[C@@H](C)C(=O)OC(C)C)Oc2ccccc2)[C@@H](O)[C@]1(F)C(F)(F)F. The van der Waals surface area contributed by atoms with Crippen LogP contribution < -0.4 is 9.61 Å². The van der Waals surface area contributed by atoms with Crippen LogP contribution in [0.2, 0.25) is 0 Å². The number of nitrogens with zero attached hydrogens (tertiary/aromatic N) is 4. The van der Waals surface area contributed by atoms with E-state index in [0.29, 0.717) is 0 Å². The predicted octanol–water partition coefficient (Wildman–Crippen LogP) is 3.80. The molecule has 1 aliphatic rings. The third-order valence-electron chi connectivity index (χ3n) is 6.05.